The van der Waals surface area contributed by atoms with Crippen LogP contribution in [0.15, 0.2) is 18.2 Å². The fraction of sp³-hybridized carbons (Fsp3) is 0.562. The molecule has 2 rings (SSSR count). The lowest BCUT2D eigenvalue weighted by Crippen LogP contribution is -2.32. The third-order valence-electron chi connectivity index (χ3n) is 3.69. The number of halogens is 2. The zero-order chi connectivity index (χ0) is 15.2. The summed E-state index contributed by atoms with van der Waals surface area (Å²) < 4.78 is 18.9. The van der Waals surface area contributed by atoms with Crippen molar-refractivity contribution in [1.82, 2.24) is 4.90 Å². The Morgan fingerprint density at radius 1 is 1.43 bits per heavy atom. The second kappa shape index (κ2) is 7.76. The van der Waals surface area contributed by atoms with E-state index in [2.05, 4.69) is 6.92 Å². The van der Waals surface area contributed by atoms with Crippen molar-refractivity contribution in [2.75, 3.05) is 19.7 Å². The second-order valence-electron chi connectivity index (χ2n) is 5.34. The molecular weight excluding hydrogens is 293 g/mol. The maximum atomic E-state index is 13.2. The van der Waals surface area contributed by atoms with E-state index in [4.69, 9.17) is 16.3 Å². The lowest BCUT2D eigenvalue weighted by molar-refractivity contribution is 0.0432. The van der Waals surface area contributed by atoms with E-state index >= 15 is 0 Å². The van der Waals surface area contributed by atoms with Gasteiger partial charge < -0.3 is 9.64 Å². The van der Waals surface area contributed by atoms with Crippen molar-refractivity contribution >= 4 is 17.5 Å². The molecule has 0 N–H and O–H groups in total. The molecule has 0 spiro atoms. The van der Waals surface area contributed by atoms with Crippen LogP contribution in [-0.2, 0) is 4.74 Å². The average molecular weight is 314 g/mol. The second-order valence-corrected chi connectivity index (χ2v) is 5.75. The third kappa shape index (κ3) is 4.42. The molecule has 1 aromatic carbocycles. The zero-order valence-corrected chi connectivity index (χ0v) is 13.0. The third-order valence-corrected chi connectivity index (χ3v) is 3.98. The van der Waals surface area contributed by atoms with Crippen LogP contribution >= 0.6 is 11.6 Å². The maximum absolute atomic E-state index is 13.2. The quantitative estimate of drug-likeness (QED) is 0.843. The van der Waals surface area contributed by atoms with Gasteiger partial charge in [-0.1, -0.05) is 18.5 Å². The van der Waals surface area contributed by atoms with E-state index < -0.39 is 5.82 Å². The lowest BCUT2D eigenvalue weighted by Gasteiger charge is -2.21. The van der Waals surface area contributed by atoms with Gasteiger partial charge >= 0.3 is 0 Å². The largest absolute Gasteiger partial charge is 0.378 e. The van der Waals surface area contributed by atoms with Crippen LogP contribution in [0.2, 0.25) is 5.02 Å². The Balaban J connectivity index is 1.98. The molecule has 1 heterocycles. The zero-order valence-electron chi connectivity index (χ0n) is 12.3. The summed E-state index contributed by atoms with van der Waals surface area (Å²) in [5, 5.41) is -0.0140. The van der Waals surface area contributed by atoms with Gasteiger partial charge in [0.25, 0.3) is 5.91 Å². The molecular formula is C16H21ClFNO2. The van der Waals surface area contributed by atoms with Crippen LogP contribution < -0.4 is 0 Å². The monoisotopic (exact) mass is 313 g/mol. The topological polar surface area (TPSA) is 29.5 Å². The fourth-order valence-electron chi connectivity index (χ4n) is 2.53. The minimum Gasteiger partial charge on any atom is -0.378 e. The van der Waals surface area contributed by atoms with E-state index in [1.807, 2.05) is 0 Å². The average Bonchev–Trinajstić information content (AvgIpc) is 2.73. The molecule has 1 atom stereocenters. The Hall–Kier alpha value is -1.13. The Kier molecular flexibility index (Phi) is 6.00. The van der Waals surface area contributed by atoms with Crippen molar-refractivity contribution in [3.8, 4) is 0 Å². The van der Waals surface area contributed by atoms with Gasteiger partial charge in [0.15, 0.2) is 0 Å². The van der Waals surface area contributed by atoms with E-state index in [-0.39, 0.29) is 17.0 Å². The predicted octanol–water partition coefficient (Wildman–Crippen LogP) is 3.90. The van der Waals surface area contributed by atoms with Crippen molar-refractivity contribution in [2.45, 2.75) is 38.7 Å². The van der Waals surface area contributed by atoms with Crippen LogP contribution in [-0.4, -0.2) is 36.6 Å². The highest BCUT2D eigenvalue weighted by atomic mass is 35.5. The molecule has 1 fully saturated rings. The van der Waals surface area contributed by atoms with Crippen LogP contribution in [0.3, 0.4) is 0 Å². The summed E-state index contributed by atoms with van der Waals surface area (Å²) in [6.07, 6.45) is 4.00. The summed E-state index contributed by atoms with van der Waals surface area (Å²) >= 11 is 5.74. The maximum Gasteiger partial charge on any atom is 0.253 e. The Bertz CT molecular complexity index is 495. The number of hydrogen-bond donors (Lipinski definition) is 0. The van der Waals surface area contributed by atoms with Crippen molar-refractivity contribution < 1.29 is 13.9 Å². The first-order chi connectivity index (χ1) is 10.1. The molecule has 5 heteroatoms. The number of carbonyl (C=O) groups is 1. The fourth-order valence-corrected chi connectivity index (χ4v) is 2.71. The van der Waals surface area contributed by atoms with Crippen LogP contribution in [0.1, 0.15) is 43.0 Å². The Morgan fingerprint density at radius 3 is 2.95 bits per heavy atom. The van der Waals surface area contributed by atoms with Gasteiger partial charge in [0, 0.05) is 25.3 Å². The molecule has 1 aliphatic heterocycles. The lowest BCUT2D eigenvalue weighted by atomic mass is 10.1. The molecule has 0 aromatic heterocycles. The summed E-state index contributed by atoms with van der Waals surface area (Å²) in [5.41, 5.74) is 0.439. The summed E-state index contributed by atoms with van der Waals surface area (Å²) in [7, 11) is 0. The molecule has 1 amide bonds. The minimum atomic E-state index is -0.503. The number of likely N-dealkylation sites (tertiary alicyclic amines) is 1. The van der Waals surface area contributed by atoms with Gasteiger partial charge in [-0.3, -0.25) is 4.79 Å². The molecule has 0 aliphatic carbocycles. The molecule has 1 aliphatic rings. The molecule has 0 radical (unpaired) electrons. The SMILES string of the molecule is CCCOC1CCCN(C(=O)c2ccc(F)c(Cl)c2)CC1. The van der Waals surface area contributed by atoms with Gasteiger partial charge in [-0.2, -0.15) is 0 Å². The molecule has 3 nitrogen and oxygen atoms in total. The molecule has 0 saturated carbocycles. The summed E-state index contributed by atoms with van der Waals surface area (Å²) in [6, 6.07) is 4.12. The van der Waals surface area contributed by atoms with Gasteiger partial charge in [-0.05, 0) is 43.9 Å². The van der Waals surface area contributed by atoms with Crippen molar-refractivity contribution in [2.24, 2.45) is 0 Å². The van der Waals surface area contributed by atoms with Gasteiger partial charge in [0.2, 0.25) is 0 Å². The van der Waals surface area contributed by atoms with Gasteiger partial charge in [-0.25, -0.2) is 4.39 Å². The molecule has 21 heavy (non-hydrogen) atoms. The number of ether oxygens (including phenoxy) is 1. The summed E-state index contributed by atoms with van der Waals surface area (Å²) in [6.45, 7) is 4.24. The number of hydrogen-bond acceptors (Lipinski definition) is 2. The van der Waals surface area contributed by atoms with Crippen molar-refractivity contribution in [3.05, 3.63) is 34.6 Å². The Morgan fingerprint density at radius 2 is 2.24 bits per heavy atom. The standard InChI is InChI=1S/C16H21ClFNO2/c1-2-10-21-13-4-3-8-19(9-7-13)16(20)12-5-6-15(18)14(17)11-12/h5-6,11,13H,2-4,7-10H2,1H3. The highest BCUT2D eigenvalue weighted by Gasteiger charge is 2.22. The summed E-state index contributed by atoms with van der Waals surface area (Å²) in [4.78, 5) is 14.2. The molecule has 1 saturated heterocycles. The van der Waals surface area contributed by atoms with E-state index in [1.54, 1.807) is 4.90 Å². The first kappa shape index (κ1) is 16.2. The normalized spacial score (nSPS) is 19.4. The number of carbonyl (C=O) groups excluding carboxylic acids is 1. The smallest absolute Gasteiger partial charge is 0.253 e. The number of benzene rings is 1. The van der Waals surface area contributed by atoms with Gasteiger partial charge in [-0.15, -0.1) is 0 Å². The molecule has 0 bridgehead atoms. The molecule has 116 valence electrons. The first-order valence-electron chi connectivity index (χ1n) is 7.47. The molecule has 1 aromatic rings. The summed E-state index contributed by atoms with van der Waals surface area (Å²) in [5.74, 6) is -0.592. The van der Waals surface area contributed by atoms with E-state index in [0.29, 0.717) is 18.7 Å². The number of rotatable bonds is 4. The van der Waals surface area contributed by atoms with Crippen LogP contribution in [0.4, 0.5) is 4.39 Å². The highest BCUT2D eigenvalue weighted by molar-refractivity contribution is 6.31. The van der Waals surface area contributed by atoms with E-state index in [0.717, 1.165) is 32.3 Å². The Labute approximate surface area is 130 Å². The number of amides is 1. The van der Waals surface area contributed by atoms with E-state index in [9.17, 15) is 9.18 Å². The van der Waals surface area contributed by atoms with Crippen molar-refractivity contribution in [3.63, 3.8) is 0 Å². The first-order valence-corrected chi connectivity index (χ1v) is 7.85. The van der Waals surface area contributed by atoms with E-state index in [1.165, 1.54) is 18.2 Å². The van der Waals surface area contributed by atoms with Crippen LogP contribution in [0, 0.1) is 5.82 Å². The van der Waals surface area contributed by atoms with Crippen LogP contribution in [0.5, 0.6) is 0 Å². The van der Waals surface area contributed by atoms with Gasteiger partial charge in [0.1, 0.15) is 5.82 Å². The molecule has 1 unspecified atom stereocenters. The predicted molar refractivity (Wildman–Crippen MR) is 81.2 cm³/mol. The van der Waals surface area contributed by atoms with Gasteiger partial charge in [0.05, 0.1) is 11.1 Å². The van der Waals surface area contributed by atoms with Crippen LogP contribution in [0.25, 0.3) is 0 Å². The number of nitrogens with zero attached hydrogens (tertiary/aromatic N) is 1. The van der Waals surface area contributed by atoms with Crippen molar-refractivity contribution in [1.29, 1.82) is 0 Å². The minimum absolute atomic E-state index is 0.0140. The highest BCUT2D eigenvalue weighted by Crippen LogP contribution is 2.20.